The summed E-state index contributed by atoms with van der Waals surface area (Å²) in [4.78, 5) is 7.26. The van der Waals surface area contributed by atoms with Crippen molar-refractivity contribution < 1.29 is 4.74 Å². The van der Waals surface area contributed by atoms with Crippen molar-refractivity contribution in [2.45, 2.75) is 44.6 Å². The summed E-state index contributed by atoms with van der Waals surface area (Å²) < 4.78 is 9.19. The van der Waals surface area contributed by atoms with Crippen molar-refractivity contribution in [2.24, 2.45) is 7.05 Å². The van der Waals surface area contributed by atoms with Crippen LogP contribution in [0, 0.1) is 6.92 Å². The standard InChI is InChI=1S/C15H22N4OS/c1-11-12-13(18(2)17-11)16-14(21-12)19-8-3-5-15(7-9-19)6-4-10-20-15/h3-10H2,1-2H3. The number of aryl methyl sites for hydroxylation is 2. The van der Waals surface area contributed by atoms with Crippen LogP contribution in [0.4, 0.5) is 5.13 Å². The van der Waals surface area contributed by atoms with E-state index < -0.39 is 0 Å². The average molecular weight is 306 g/mol. The highest BCUT2D eigenvalue weighted by atomic mass is 32.1. The topological polar surface area (TPSA) is 43.2 Å². The number of aromatic nitrogens is 3. The first-order valence-corrected chi connectivity index (χ1v) is 8.68. The Kier molecular flexibility index (Phi) is 3.19. The van der Waals surface area contributed by atoms with Crippen molar-refractivity contribution in [3.8, 4) is 0 Å². The number of nitrogens with zero attached hydrogens (tertiary/aromatic N) is 4. The zero-order chi connectivity index (χ0) is 14.4. The Morgan fingerprint density at radius 1 is 1.19 bits per heavy atom. The molecule has 2 saturated heterocycles. The van der Waals surface area contributed by atoms with Crippen LogP contribution in [0.1, 0.15) is 37.8 Å². The Labute approximate surface area is 128 Å². The number of anilines is 1. The van der Waals surface area contributed by atoms with Gasteiger partial charge in [0.15, 0.2) is 10.8 Å². The lowest BCUT2D eigenvalue weighted by Gasteiger charge is -2.26. The Morgan fingerprint density at radius 3 is 2.81 bits per heavy atom. The molecule has 114 valence electrons. The third kappa shape index (κ3) is 2.25. The lowest BCUT2D eigenvalue weighted by molar-refractivity contribution is -0.00491. The molecule has 1 unspecified atom stereocenters. The van der Waals surface area contributed by atoms with Gasteiger partial charge in [-0.2, -0.15) is 5.10 Å². The summed E-state index contributed by atoms with van der Waals surface area (Å²) in [5.74, 6) is 0. The third-order valence-corrected chi connectivity index (χ3v) is 6.10. The predicted molar refractivity (Wildman–Crippen MR) is 85.1 cm³/mol. The number of hydrogen-bond donors (Lipinski definition) is 0. The van der Waals surface area contributed by atoms with E-state index in [4.69, 9.17) is 9.72 Å². The highest BCUT2D eigenvalue weighted by Crippen LogP contribution is 2.38. The fourth-order valence-corrected chi connectivity index (χ4v) is 4.80. The molecule has 21 heavy (non-hydrogen) atoms. The number of hydrogen-bond acceptors (Lipinski definition) is 5. The monoisotopic (exact) mass is 306 g/mol. The number of ether oxygens (including phenoxy) is 1. The minimum atomic E-state index is 0.170. The van der Waals surface area contributed by atoms with E-state index in [-0.39, 0.29) is 5.60 Å². The van der Waals surface area contributed by atoms with Crippen LogP contribution in [0.5, 0.6) is 0 Å². The van der Waals surface area contributed by atoms with Gasteiger partial charge in [0.1, 0.15) is 0 Å². The van der Waals surface area contributed by atoms with E-state index in [1.807, 2.05) is 11.7 Å². The predicted octanol–water partition coefficient (Wildman–Crippen LogP) is 2.88. The van der Waals surface area contributed by atoms with Gasteiger partial charge < -0.3 is 9.64 Å². The van der Waals surface area contributed by atoms with E-state index in [0.29, 0.717) is 0 Å². The molecule has 4 rings (SSSR count). The van der Waals surface area contributed by atoms with Crippen molar-refractivity contribution in [1.82, 2.24) is 14.8 Å². The highest BCUT2D eigenvalue weighted by Gasteiger charge is 2.37. The van der Waals surface area contributed by atoms with Crippen LogP contribution in [0.2, 0.25) is 0 Å². The van der Waals surface area contributed by atoms with Gasteiger partial charge in [-0.05, 0) is 39.0 Å². The van der Waals surface area contributed by atoms with E-state index in [2.05, 4.69) is 16.9 Å². The van der Waals surface area contributed by atoms with E-state index in [1.54, 1.807) is 11.3 Å². The largest absolute Gasteiger partial charge is 0.375 e. The summed E-state index contributed by atoms with van der Waals surface area (Å²) in [6.45, 7) is 5.17. The molecule has 4 heterocycles. The van der Waals surface area contributed by atoms with Crippen LogP contribution in [0.15, 0.2) is 0 Å². The first-order chi connectivity index (χ1) is 10.2. The van der Waals surface area contributed by atoms with Crippen LogP contribution in [0.3, 0.4) is 0 Å². The summed E-state index contributed by atoms with van der Waals surface area (Å²) in [7, 11) is 1.97. The van der Waals surface area contributed by atoms with Gasteiger partial charge in [-0.1, -0.05) is 11.3 Å². The average Bonchev–Trinajstić information content (AvgIpc) is 3.10. The Morgan fingerprint density at radius 2 is 2.05 bits per heavy atom. The van der Waals surface area contributed by atoms with E-state index in [0.717, 1.165) is 42.6 Å². The maximum Gasteiger partial charge on any atom is 0.188 e. The van der Waals surface area contributed by atoms with Gasteiger partial charge in [-0.15, -0.1) is 0 Å². The molecule has 0 amide bonds. The molecule has 0 bridgehead atoms. The van der Waals surface area contributed by atoms with Crippen molar-refractivity contribution >= 4 is 26.8 Å². The molecule has 0 radical (unpaired) electrons. The van der Waals surface area contributed by atoms with Gasteiger partial charge in [0.2, 0.25) is 0 Å². The number of thiazole rings is 1. The van der Waals surface area contributed by atoms with Crippen LogP contribution in [-0.4, -0.2) is 40.1 Å². The van der Waals surface area contributed by atoms with Gasteiger partial charge in [-0.3, -0.25) is 0 Å². The van der Waals surface area contributed by atoms with Crippen molar-refractivity contribution in [3.63, 3.8) is 0 Å². The lowest BCUT2D eigenvalue weighted by Crippen LogP contribution is -2.30. The van der Waals surface area contributed by atoms with Crippen LogP contribution < -0.4 is 4.90 Å². The normalized spacial score (nSPS) is 26.9. The van der Waals surface area contributed by atoms with Gasteiger partial charge in [0, 0.05) is 26.7 Å². The molecule has 1 atom stereocenters. The quantitative estimate of drug-likeness (QED) is 0.812. The van der Waals surface area contributed by atoms with Crippen LogP contribution in [-0.2, 0) is 11.8 Å². The lowest BCUT2D eigenvalue weighted by atomic mass is 9.92. The Bertz CT molecular complexity index is 621. The van der Waals surface area contributed by atoms with Crippen LogP contribution >= 0.6 is 11.3 Å². The number of rotatable bonds is 1. The molecular formula is C15H22N4OS. The molecular weight excluding hydrogens is 284 g/mol. The summed E-state index contributed by atoms with van der Waals surface area (Å²) in [6, 6.07) is 0. The molecule has 6 heteroatoms. The smallest absolute Gasteiger partial charge is 0.188 e. The highest BCUT2D eigenvalue weighted by molar-refractivity contribution is 7.22. The molecule has 2 aliphatic heterocycles. The maximum absolute atomic E-state index is 6.07. The van der Waals surface area contributed by atoms with E-state index in [9.17, 15) is 0 Å². The zero-order valence-corrected chi connectivity index (χ0v) is 13.6. The Hall–Kier alpha value is -1.14. The molecule has 2 aliphatic rings. The molecule has 0 aromatic carbocycles. The van der Waals surface area contributed by atoms with Crippen molar-refractivity contribution in [3.05, 3.63) is 5.69 Å². The molecule has 2 aromatic rings. The summed E-state index contributed by atoms with van der Waals surface area (Å²) in [6.07, 6.45) is 6.01. The molecule has 0 aliphatic carbocycles. The Balaban J connectivity index is 1.58. The summed E-state index contributed by atoms with van der Waals surface area (Å²) in [5.41, 5.74) is 2.27. The SMILES string of the molecule is Cc1nn(C)c2nc(N3CCCC4(CCCO4)CC3)sc12. The number of fused-ring (bicyclic) bond motifs is 1. The van der Waals surface area contributed by atoms with Crippen molar-refractivity contribution in [1.29, 1.82) is 0 Å². The first kappa shape index (κ1) is 13.5. The minimum absolute atomic E-state index is 0.170. The third-order valence-electron chi connectivity index (χ3n) is 4.89. The fourth-order valence-electron chi connectivity index (χ4n) is 3.72. The molecule has 2 aromatic heterocycles. The maximum atomic E-state index is 6.07. The summed E-state index contributed by atoms with van der Waals surface area (Å²) in [5, 5.41) is 5.59. The van der Waals surface area contributed by atoms with E-state index in [1.165, 1.54) is 30.4 Å². The minimum Gasteiger partial charge on any atom is -0.375 e. The second-order valence-electron chi connectivity index (χ2n) is 6.33. The van der Waals surface area contributed by atoms with Crippen molar-refractivity contribution in [2.75, 3.05) is 24.6 Å². The van der Waals surface area contributed by atoms with Crippen LogP contribution in [0.25, 0.3) is 10.3 Å². The molecule has 1 spiro atoms. The van der Waals surface area contributed by atoms with Gasteiger partial charge in [0.05, 0.1) is 16.0 Å². The van der Waals surface area contributed by atoms with Gasteiger partial charge in [0.25, 0.3) is 0 Å². The molecule has 0 N–H and O–H groups in total. The second kappa shape index (κ2) is 4.95. The van der Waals surface area contributed by atoms with Gasteiger partial charge in [-0.25, -0.2) is 9.67 Å². The summed E-state index contributed by atoms with van der Waals surface area (Å²) >= 11 is 1.78. The molecule has 5 nitrogen and oxygen atoms in total. The molecule has 2 fully saturated rings. The molecule has 0 saturated carbocycles. The zero-order valence-electron chi connectivity index (χ0n) is 12.8. The fraction of sp³-hybridized carbons (Fsp3) is 0.733. The second-order valence-corrected chi connectivity index (χ2v) is 7.31. The van der Waals surface area contributed by atoms with E-state index >= 15 is 0 Å². The van der Waals surface area contributed by atoms with Gasteiger partial charge >= 0.3 is 0 Å². The first-order valence-electron chi connectivity index (χ1n) is 7.86.